The van der Waals surface area contributed by atoms with Gasteiger partial charge in [-0.1, -0.05) is 12.1 Å². The monoisotopic (exact) mass is 171 g/mol. The molecule has 0 fully saturated rings. The molecule has 1 aliphatic carbocycles. The number of anilines is 1. The highest BCUT2D eigenvalue weighted by molar-refractivity contribution is 5.71. The topological polar surface area (TPSA) is 12.0 Å². The Balaban J connectivity index is 2.59. The lowest BCUT2D eigenvalue weighted by molar-refractivity contribution is 1.13. The van der Waals surface area contributed by atoms with Crippen LogP contribution in [0, 0.1) is 0 Å². The number of hydrogen-bond donors (Lipinski definition) is 1. The largest absolute Gasteiger partial charge is 0.388 e. The fraction of sp³-hybridized carbons (Fsp3) is 0.250. The molecule has 0 unspecified atom stereocenters. The van der Waals surface area contributed by atoms with Gasteiger partial charge in [-0.2, -0.15) is 0 Å². The number of allylic oxidation sites excluding steroid dienone is 1. The van der Waals surface area contributed by atoms with Gasteiger partial charge in [0, 0.05) is 24.7 Å². The van der Waals surface area contributed by atoms with Crippen LogP contribution in [0.15, 0.2) is 29.5 Å². The maximum absolute atomic E-state index is 3.26. The summed E-state index contributed by atoms with van der Waals surface area (Å²) in [5.74, 6) is 0. The van der Waals surface area contributed by atoms with Crippen molar-refractivity contribution in [2.75, 3.05) is 12.4 Å². The fourth-order valence-corrected chi connectivity index (χ4v) is 1.69. The van der Waals surface area contributed by atoms with Crippen LogP contribution >= 0.6 is 0 Å². The van der Waals surface area contributed by atoms with Crippen molar-refractivity contribution in [3.05, 3.63) is 40.6 Å². The number of benzene rings is 1. The van der Waals surface area contributed by atoms with E-state index in [0.717, 1.165) is 6.42 Å². The first kappa shape index (κ1) is 8.15. The molecule has 66 valence electrons. The van der Waals surface area contributed by atoms with E-state index >= 15 is 0 Å². The highest BCUT2D eigenvalue weighted by Gasteiger charge is 2.07. The molecule has 0 heterocycles. The van der Waals surface area contributed by atoms with Crippen LogP contribution < -0.4 is 5.32 Å². The Labute approximate surface area is 78.8 Å². The molecule has 1 N–H and O–H groups in total. The summed E-state index contributed by atoms with van der Waals surface area (Å²) in [7, 11) is 1.95. The lowest BCUT2D eigenvalue weighted by atomic mass is 9.95. The second kappa shape index (κ2) is 3.12. The molecule has 0 saturated carbocycles. The third-order valence-electron chi connectivity index (χ3n) is 2.38. The Hall–Kier alpha value is -1.46. The van der Waals surface area contributed by atoms with Gasteiger partial charge in [0.1, 0.15) is 0 Å². The Morgan fingerprint density at radius 3 is 3.00 bits per heavy atom. The maximum atomic E-state index is 3.26. The smallest absolute Gasteiger partial charge is 0.0420 e. The van der Waals surface area contributed by atoms with Crippen molar-refractivity contribution in [2.45, 2.75) is 13.3 Å². The number of rotatable bonds is 1. The van der Waals surface area contributed by atoms with Crippen LogP contribution in [0.1, 0.15) is 18.1 Å². The standard InChI is InChI=1S/C12H13N/c1-9-6-7-11-10(8-9)4-3-5-12(11)13-2/h3-5,7,13H,8H2,1-2H3. The normalized spacial score (nSPS) is 13.5. The summed E-state index contributed by atoms with van der Waals surface area (Å²) in [4.78, 5) is 0. The summed E-state index contributed by atoms with van der Waals surface area (Å²) in [6.07, 6.45) is 3.10. The van der Waals surface area contributed by atoms with Gasteiger partial charge in [-0.05, 0) is 30.2 Å². The minimum atomic E-state index is 1.03. The summed E-state index contributed by atoms with van der Waals surface area (Å²) in [5, 5.41) is 3.19. The second-order valence-corrected chi connectivity index (χ2v) is 3.37. The van der Waals surface area contributed by atoms with E-state index in [1.807, 2.05) is 7.05 Å². The van der Waals surface area contributed by atoms with Crippen LogP contribution in [0.3, 0.4) is 0 Å². The molecule has 1 aliphatic rings. The van der Waals surface area contributed by atoms with Crippen molar-refractivity contribution in [3.8, 4) is 0 Å². The average Bonchev–Trinajstić information content (AvgIpc) is 2.16. The van der Waals surface area contributed by atoms with Crippen LogP contribution in [0.2, 0.25) is 0 Å². The Bertz CT molecular complexity index is 396. The molecule has 1 aromatic rings. The van der Waals surface area contributed by atoms with Gasteiger partial charge in [0.25, 0.3) is 0 Å². The summed E-state index contributed by atoms with van der Waals surface area (Å²) < 4.78 is 0. The lowest BCUT2D eigenvalue weighted by Gasteiger charge is -2.13. The molecule has 0 radical (unpaired) electrons. The molecule has 0 aliphatic heterocycles. The SMILES string of the molecule is CNc1cccc2c1C=C=C(C)C2. The van der Waals surface area contributed by atoms with Crippen LogP contribution in [-0.4, -0.2) is 7.05 Å². The van der Waals surface area contributed by atoms with Crippen molar-refractivity contribution in [1.82, 2.24) is 0 Å². The third kappa shape index (κ3) is 1.39. The molecule has 1 aromatic carbocycles. The molecule has 0 bridgehead atoms. The Morgan fingerprint density at radius 1 is 1.38 bits per heavy atom. The third-order valence-corrected chi connectivity index (χ3v) is 2.38. The molecule has 0 aromatic heterocycles. The summed E-state index contributed by atoms with van der Waals surface area (Å²) in [6, 6.07) is 6.37. The van der Waals surface area contributed by atoms with Gasteiger partial charge in [0.15, 0.2) is 0 Å². The molecule has 2 rings (SSSR count). The second-order valence-electron chi connectivity index (χ2n) is 3.37. The Kier molecular flexibility index (Phi) is 1.96. The summed E-state index contributed by atoms with van der Waals surface area (Å²) in [6.45, 7) is 2.12. The van der Waals surface area contributed by atoms with E-state index < -0.39 is 0 Å². The van der Waals surface area contributed by atoms with Crippen molar-refractivity contribution >= 4 is 11.8 Å². The van der Waals surface area contributed by atoms with Gasteiger partial charge >= 0.3 is 0 Å². The summed E-state index contributed by atoms with van der Waals surface area (Å²) in [5.41, 5.74) is 8.44. The van der Waals surface area contributed by atoms with Crippen LogP contribution in [-0.2, 0) is 6.42 Å². The molecule has 1 heteroatoms. The van der Waals surface area contributed by atoms with Gasteiger partial charge in [0.2, 0.25) is 0 Å². The van der Waals surface area contributed by atoms with E-state index in [9.17, 15) is 0 Å². The highest BCUT2D eigenvalue weighted by atomic mass is 14.8. The van der Waals surface area contributed by atoms with Gasteiger partial charge in [0.05, 0.1) is 0 Å². The fourth-order valence-electron chi connectivity index (χ4n) is 1.69. The van der Waals surface area contributed by atoms with Crippen LogP contribution in [0.5, 0.6) is 0 Å². The van der Waals surface area contributed by atoms with Crippen LogP contribution in [0.4, 0.5) is 5.69 Å². The first-order valence-corrected chi connectivity index (χ1v) is 4.53. The first-order valence-electron chi connectivity index (χ1n) is 4.53. The maximum Gasteiger partial charge on any atom is 0.0420 e. The van der Waals surface area contributed by atoms with Crippen molar-refractivity contribution in [1.29, 1.82) is 0 Å². The van der Waals surface area contributed by atoms with E-state index in [0.29, 0.717) is 0 Å². The molecule has 0 atom stereocenters. The predicted octanol–water partition coefficient (Wildman–Crippen LogP) is 2.84. The van der Waals surface area contributed by atoms with E-state index in [2.05, 4.69) is 42.2 Å². The highest BCUT2D eigenvalue weighted by Crippen LogP contribution is 2.25. The molecule has 0 amide bonds. The number of fused-ring (bicyclic) bond motifs is 1. The van der Waals surface area contributed by atoms with Crippen molar-refractivity contribution < 1.29 is 0 Å². The Morgan fingerprint density at radius 2 is 2.23 bits per heavy atom. The lowest BCUT2D eigenvalue weighted by Crippen LogP contribution is -1.99. The average molecular weight is 171 g/mol. The van der Waals surface area contributed by atoms with Gasteiger partial charge < -0.3 is 5.32 Å². The van der Waals surface area contributed by atoms with Gasteiger partial charge in [-0.25, -0.2) is 0 Å². The van der Waals surface area contributed by atoms with E-state index in [1.54, 1.807) is 0 Å². The number of nitrogens with one attached hydrogen (secondary N) is 1. The molecular weight excluding hydrogens is 158 g/mol. The summed E-state index contributed by atoms with van der Waals surface area (Å²) >= 11 is 0. The van der Waals surface area contributed by atoms with E-state index in [1.165, 1.54) is 22.4 Å². The minimum Gasteiger partial charge on any atom is -0.388 e. The van der Waals surface area contributed by atoms with Gasteiger partial charge in [-0.15, -0.1) is 5.73 Å². The number of hydrogen-bond acceptors (Lipinski definition) is 1. The zero-order valence-electron chi connectivity index (χ0n) is 8.02. The van der Waals surface area contributed by atoms with Gasteiger partial charge in [-0.3, -0.25) is 0 Å². The predicted molar refractivity (Wildman–Crippen MR) is 56.9 cm³/mol. The zero-order chi connectivity index (χ0) is 9.26. The molecule has 0 spiro atoms. The van der Waals surface area contributed by atoms with Crippen molar-refractivity contribution in [2.24, 2.45) is 0 Å². The van der Waals surface area contributed by atoms with E-state index in [-0.39, 0.29) is 0 Å². The molecule has 13 heavy (non-hydrogen) atoms. The minimum absolute atomic E-state index is 1.03. The zero-order valence-corrected chi connectivity index (χ0v) is 8.02. The van der Waals surface area contributed by atoms with Crippen LogP contribution in [0.25, 0.3) is 6.08 Å². The van der Waals surface area contributed by atoms with Crippen molar-refractivity contribution in [3.63, 3.8) is 0 Å². The van der Waals surface area contributed by atoms with E-state index in [4.69, 9.17) is 0 Å². The quantitative estimate of drug-likeness (QED) is 0.641. The molecule has 1 nitrogen and oxygen atoms in total. The molecule has 0 saturated heterocycles. The molecular formula is C12H13N. The first-order chi connectivity index (χ1) is 6.31.